The van der Waals surface area contributed by atoms with Crippen molar-refractivity contribution in [3.8, 4) is 0 Å². The molecule has 0 aliphatic heterocycles. The molecule has 0 bridgehead atoms. The molecule has 1 aromatic heterocycles. The predicted octanol–water partition coefficient (Wildman–Crippen LogP) is 2.71. The summed E-state index contributed by atoms with van der Waals surface area (Å²) in [6.45, 7) is 0.199. The molecule has 0 aliphatic rings. The summed E-state index contributed by atoms with van der Waals surface area (Å²) in [6, 6.07) is 15.9. The van der Waals surface area contributed by atoms with Crippen LogP contribution in [0.25, 0.3) is 10.9 Å². The second kappa shape index (κ2) is 8.18. The number of fused-ring (bicyclic) bond motifs is 1. The first-order chi connectivity index (χ1) is 13.1. The minimum Gasteiger partial charge on any atom is -0.469 e. The van der Waals surface area contributed by atoms with E-state index >= 15 is 0 Å². The highest BCUT2D eigenvalue weighted by Crippen LogP contribution is 2.16. The topological polar surface area (TPSA) is 100 Å². The van der Waals surface area contributed by atoms with Crippen molar-refractivity contribution >= 4 is 34.4 Å². The van der Waals surface area contributed by atoms with E-state index in [2.05, 4.69) is 20.4 Å². The first kappa shape index (κ1) is 18.2. The Morgan fingerprint density at radius 1 is 1.00 bits per heavy atom. The van der Waals surface area contributed by atoms with E-state index in [0.717, 1.165) is 10.9 Å². The van der Waals surface area contributed by atoms with Gasteiger partial charge < -0.3 is 20.4 Å². The SMILES string of the molecule is COC(=O)CCNC(=O)c1ccc(NC(=O)c2cc3ccccc3[nH]2)cc1. The van der Waals surface area contributed by atoms with Crippen molar-refractivity contribution in [1.29, 1.82) is 0 Å². The zero-order chi connectivity index (χ0) is 19.2. The third-order valence-electron chi connectivity index (χ3n) is 4.02. The summed E-state index contributed by atoms with van der Waals surface area (Å²) < 4.78 is 4.51. The fourth-order valence-corrected chi connectivity index (χ4v) is 2.58. The van der Waals surface area contributed by atoms with Gasteiger partial charge in [0.25, 0.3) is 11.8 Å². The number of nitrogens with one attached hydrogen (secondary N) is 3. The quantitative estimate of drug-likeness (QED) is 0.585. The van der Waals surface area contributed by atoms with Crippen LogP contribution in [0.1, 0.15) is 27.3 Å². The molecule has 7 nitrogen and oxygen atoms in total. The number of anilines is 1. The Morgan fingerprint density at radius 3 is 2.44 bits per heavy atom. The summed E-state index contributed by atoms with van der Waals surface area (Å²) in [4.78, 5) is 38.5. The molecule has 3 rings (SSSR count). The molecular weight excluding hydrogens is 346 g/mol. The van der Waals surface area contributed by atoms with Crippen molar-refractivity contribution < 1.29 is 19.1 Å². The standard InChI is InChI=1S/C20H19N3O4/c1-27-18(24)10-11-21-19(25)13-6-8-15(9-7-13)22-20(26)17-12-14-4-2-3-5-16(14)23-17/h2-9,12,23H,10-11H2,1H3,(H,21,25)(H,22,26). The molecule has 0 atom stereocenters. The molecule has 3 N–H and O–H groups in total. The highest BCUT2D eigenvalue weighted by atomic mass is 16.5. The number of hydrogen-bond donors (Lipinski definition) is 3. The van der Waals surface area contributed by atoms with Crippen molar-refractivity contribution in [2.75, 3.05) is 19.0 Å². The van der Waals surface area contributed by atoms with Gasteiger partial charge in [0, 0.05) is 28.7 Å². The Kier molecular flexibility index (Phi) is 5.51. The second-order valence-corrected chi connectivity index (χ2v) is 5.88. The Hall–Kier alpha value is -3.61. The van der Waals surface area contributed by atoms with Gasteiger partial charge in [0.15, 0.2) is 0 Å². The molecule has 2 amide bonds. The van der Waals surface area contributed by atoms with Crippen LogP contribution in [-0.4, -0.2) is 36.4 Å². The van der Waals surface area contributed by atoms with E-state index in [-0.39, 0.29) is 30.7 Å². The van der Waals surface area contributed by atoms with E-state index in [0.29, 0.717) is 16.9 Å². The number of rotatable bonds is 6. The van der Waals surface area contributed by atoms with E-state index in [4.69, 9.17) is 0 Å². The van der Waals surface area contributed by atoms with Crippen LogP contribution in [-0.2, 0) is 9.53 Å². The van der Waals surface area contributed by atoms with Gasteiger partial charge in [-0.1, -0.05) is 18.2 Å². The van der Waals surface area contributed by atoms with E-state index < -0.39 is 0 Å². The van der Waals surface area contributed by atoms with Gasteiger partial charge in [0.1, 0.15) is 5.69 Å². The first-order valence-corrected chi connectivity index (χ1v) is 8.41. The number of hydrogen-bond acceptors (Lipinski definition) is 4. The smallest absolute Gasteiger partial charge is 0.307 e. The van der Waals surface area contributed by atoms with Crippen molar-refractivity contribution in [3.63, 3.8) is 0 Å². The van der Waals surface area contributed by atoms with E-state index in [1.807, 2.05) is 24.3 Å². The predicted molar refractivity (Wildman–Crippen MR) is 102 cm³/mol. The number of ether oxygens (including phenoxy) is 1. The number of para-hydroxylation sites is 1. The van der Waals surface area contributed by atoms with Crippen LogP contribution in [0.3, 0.4) is 0 Å². The Morgan fingerprint density at radius 2 is 1.74 bits per heavy atom. The van der Waals surface area contributed by atoms with Gasteiger partial charge in [0.2, 0.25) is 0 Å². The molecule has 7 heteroatoms. The molecule has 0 radical (unpaired) electrons. The lowest BCUT2D eigenvalue weighted by atomic mass is 10.2. The van der Waals surface area contributed by atoms with Gasteiger partial charge in [-0.2, -0.15) is 0 Å². The molecule has 138 valence electrons. The van der Waals surface area contributed by atoms with Crippen LogP contribution in [0.15, 0.2) is 54.6 Å². The third kappa shape index (κ3) is 4.52. The number of amides is 2. The summed E-state index contributed by atoms with van der Waals surface area (Å²) in [5, 5.41) is 6.38. The largest absolute Gasteiger partial charge is 0.469 e. The molecule has 3 aromatic rings. The van der Waals surface area contributed by atoms with Gasteiger partial charge in [0.05, 0.1) is 13.5 Å². The van der Waals surface area contributed by atoms with Crippen LogP contribution in [0.5, 0.6) is 0 Å². The van der Waals surface area contributed by atoms with Gasteiger partial charge >= 0.3 is 5.97 Å². The normalized spacial score (nSPS) is 10.4. The number of carbonyl (C=O) groups excluding carboxylic acids is 3. The van der Waals surface area contributed by atoms with Crippen molar-refractivity contribution in [3.05, 3.63) is 65.9 Å². The Balaban J connectivity index is 1.59. The number of benzene rings is 2. The molecule has 2 aromatic carbocycles. The van der Waals surface area contributed by atoms with Crippen LogP contribution in [0, 0.1) is 0 Å². The number of methoxy groups -OCH3 is 1. The summed E-state index contributed by atoms with van der Waals surface area (Å²) in [5.74, 6) is -0.945. The summed E-state index contributed by atoms with van der Waals surface area (Å²) in [6.07, 6.45) is 0.112. The Bertz CT molecular complexity index is 943. The average molecular weight is 365 g/mol. The van der Waals surface area contributed by atoms with Crippen LogP contribution in [0.4, 0.5) is 5.69 Å². The zero-order valence-electron chi connectivity index (χ0n) is 14.7. The fourth-order valence-electron chi connectivity index (χ4n) is 2.58. The summed E-state index contributed by atoms with van der Waals surface area (Å²) in [5.41, 5.74) is 2.36. The van der Waals surface area contributed by atoms with Crippen LogP contribution >= 0.6 is 0 Å². The van der Waals surface area contributed by atoms with Gasteiger partial charge in [-0.15, -0.1) is 0 Å². The van der Waals surface area contributed by atoms with Crippen molar-refractivity contribution in [1.82, 2.24) is 10.3 Å². The summed E-state index contributed by atoms with van der Waals surface area (Å²) in [7, 11) is 1.30. The monoisotopic (exact) mass is 365 g/mol. The second-order valence-electron chi connectivity index (χ2n) is 5.88. The average Bonchev–Trinajstić information content (AvgIpc) is 3.12. The van der Waals surface area contributed by atoms with Gasteiger partial charge in [-0.3, -0.25) is 14.4 Å². The number of aromatic nitrogens is 1. The number of H-pyrrole nitrogens is 1. The van der Waals surface area contributed by atoms with Crippen LogP contribution in [0.2, 0.25) is 0 Å². The maximum Gasteiger partial charge on any atom is 0.307 e. The fraction of sp³-hybridized carbons (Fsp3) is 0.150. The van der Waals surface area contributed by atoms with E-state index in [1.165, 1.54) is 7.11 Å². The molecule has 0 saturated heterocycles. The number of aromatic amines is 1. The molecular formula is C20H19N3O4. The lowest BCUT2D eigenvalue weighted by molar-refractivity contribution is -0.140. The summed E-state index contributed by atoms with van der Waals surface area (Å²) >= 11 is 0. The third-order valence-corrected chi connectivity index (χ3v) is 4.02. The van der Waals surface area contributed by atoms with Crippen LogP contribution < -0.4 is 10.6 Å². The lowest BCUT2D eigenvalue weighted by Gasteiger charge is -2.07. The molecule has 0 unspecified atom stereocenters. The molecule has 0 spiro atoms. The first-order valence-electron chi connectivity index (χ1n) is 8.41. The van der Waals surface area contributed by atoms with E-state index in [1.54, 1.807) is 30.3 Å². The highest BCUT2D eigenvalue weighted by molar-refractivity contribution is 6.06. The highest BCUT2D eigenvalue weighted by Gasteiger charge is 2.11. The van der Waals surface area contributed by atoms with Gasteiger partial charge in [-0.05, 0) is 36.4 Å². The number of carbonyl (C=O) groups is 3. The number of esters is 1. The molecule has 0 saturated carbocycles. The molecule has 1 heterocycles. The zero-order valence-corrected chi connectivity index (χ0v) is 14.7. The lowest BCUT2D eigenvalue weighted by Crippen LogP contribution is -2.26. The minimum atomic E-state index is -0.384. The molecule has 0 fully saturated rings. The minimum absolute atomic E-state index is 0.112. The molecule has 0 aliphatic carbocycles. The molecule has 27 heavy (non-hydrogen) atoms. The maximum absolute atomic E-state index is 12.4. The van der Waals surface area contributed by atoms with E-state index in [9.17, 15) is 14.4 Å². The Labute approximate surface area is 155 Å². The maximum atomic E-state index is 12.4. The van der Waals surface area contributed by atoms with Gasteiger partial charge in [-0.25, -0.2) is 0 Å². The van der Waals surface area contributed by atoms with Crippen molar-refractivity contribution in [2.45, 2.75) is 6.42 Å². The van der Waals surface area contributed by atoms with Crippen molar-refractivity contribution in [2.24, 2.45) is 0 Å².